The number of pyridine rings is 1. The van der Waals surface area contributed by atoms with Crippen molar-refractivity contribution in [2.75, 3.05) is 5.32 Å². The Balaban J connectivity index is 1.96. The highest BCUT2D eigenvalue weighted by Crippen LogP contribution is 2.32. The van der Waals surface area contributed by atoms with Crippen LogP contribution in [0.4, 0.5) is 18.9 Å². The van der Waals surface area contributed by atoms with Gasteiger partial charge in [0.25, 0.3) is 5.91 Å². The first-order valence-corrected chi connectivity index (χ1v) is 7.29. The monoisotopic (exact) mass is 346 g/mol. The third kappa shape index (κ3) is 3.52. The zero-order valence-electron chi connectivity index (χ0n) is 13.1. The number of alkyl halides is 3. The molecule has 8 heteroatoms. The van der Waals surface area contributed by atoms with Crippen LogP contribution >= 0.6 is 0 Å². The van der Waals surface area contributed by atoms with Gasteiger partial charge < -0.3 is 5.32 Å². The molecule has 0 aliphatic heterocycles. The number of nitrogens with one attached hydrogen (secondary N) is 1. The maximum absolute atomic E-state index is 13.0. The third-order valence-electron chi connectivity index (χ3n) is 3.46. The van der Waals surface area contributed by atoms with E-state index in [0.717, 1.165) is 10.9 Å². The number of para-hydroxylation sites is 1. The molecule has 128 valence electrons. The summed E-state index contributed by atoms with van der Waals surface area (Å²) in [6, 6.07) is 12.0. The molecule has 0 atom stereocenters. The number of rotatable bonds is 3. The molecule has 0 radical (unpaired) electrons. The second kappa shape index (κ2) is 6.39. The molecule has 2 aromatic heterocycles. The molecule has 3 rings (SSSR count). The first-order valence-electron chi connectivity index (χ1n) is 7.29. The van der Waals surface area contributed by atoms with E-state index in [-0.39, 0.29) is 0 Å². The number of carbonyl (C=O) groups excluding carboxylic acids is 1. The zero-order chi connectivity index (χ0) is 18.0. The lowest BCUT2D eigenvalue weighted by molar-refractivity contribution is -0.141. The van der Waals surface area contributed by atoms with Crippen LogP contribution in [0.15, 0.2) is 54.9 Å². The number of amides is 1. The number of anilines is 1. The van der Waals surface area contributed by atoms with Gasteiger partial charge in [-0.3, -0.25) is 14.5 Å². The first-order chi connectivity index (χ1) is 11.9. The Bertz CT molecular complexity index is 904. The summed E-state index contributed by atoms with van der Waals surface area (Å²) in [5, 5.41) is 5.86. The topological polar surface area (TPSA) is 59.8 Å². The van der Waals surface area contributed by atoms with Crippen molar-refractivity contribution in [2.24, 2.45) is 7.05 Å². The van der Waals surface area contributed by atoms with Gasteiger partial charge in [0, 0.05) is 25.0 Å². The number of aromatic nitrogens is 3. The Labute approximate surface area is 141 Å². The van der Waals surface area contributed by atoms with E-state index in [1.165, 1.54) is 7.05 Å². The molecule has 0 aliphatic rings. The van der Waals surface area contributed by atoms with E-state index >= 15 is 0 Å². The van der Waals surface area contributed by atoms with Crippen LogP contribution in [-0.4, -0.2) is 20.7 Å². The van der Waals surface area contributed by atoms with Crippen LogP contribution in [0.5, 0.6) is 0 Å². The molecule has 0 saturated heterocycles. The van der Waals surface area contributed by atoms with E-state index in [4.69, 9.17) is 0 Å². The number of hydrogen-bond donors (Lipinski definition) is 1. The molecule has 0 spiro atoms. The molecule has 5 nitrogen and oxygen atoms in total. The van der Waals surface area contributed by atoms with Crippen LogP contribution in [0.25, 0.3) is 11.3 Å². The van der Waals surface area contributed by atoms with E-state index in [1.54, 1.807) is 48.7 Å². The Morgan fingerprint density at radius 3 is 2.52 bits per heavy atom. The van der Waals surface area contributed by atoms with Crippen molar-refractivity contribution in [3.05, 3.63) is 66.1 Å². The standard InChI is InChI=1S/C17H13F3N4O/c1-24-10-12(15(23-24)17(18,19)20)16(25)22-14-8-3-2-6-11(14)13-7-4-5-9-21-13/h2-10H,1H3,(H,22,25). The summed E-state index contributed by atoms with van der Waals surface area (Å²) in [7, 11) is 1.33. The van der Waals surface area contributed by atoms with E-state index in [2.05, 4.69) is 15.4 Å². The Morgan fingerprint density at radius 1 is 1.12 bits per heavy atom. The van der Waals surface area contributed by atoms with E-state index in [9.17, 15) is 18.0 Å². The summed E-state index contributed by atoms with van der Waals surface area (Å²) in [5.74, 6) is -0.885. The lowest BCUT2D eigenvalue weighted by Gasteiger charge is -2.11. The summed E-state index contributed by atoms with van der Waals surface area (Å²) in [6.07, 6.45) is -2.08. The fourth-order valence-corrected chi connectivity index (χ4v) is 2.39. The highest BCUT2D eigenvalue weighted by molar-refractivity contribution is 6.06. The molecule has 1 aromatic carbocycles. The van der Waals surface area contributed by atoms with E-state index < -0.39 is 23.3 Å². The lowest BCUT2D eigenvalue weighted by atomic mass is 10.1. The summed E-state index contributed by atoms with van der Waals surface area (Å²) in [6.45, 7) is 0. The number of carbonyl (C=O) groups is 1. The van der Waals surface area contributed by atoms with Gasteiger partial charge in [0.05, 0.1) is 16.9 Å². The van der Waals surface area contributed by atoms with Gasteiger partial charge in [-0.2, -0.15) is 18.3 Å². The quantitative estimate of drug-likeness (QED) is 0.786. The molecule has 0 fully saturated rings. The Morgan fingerprint density at radius 2 is 1.84 bits per heavy atom. The smallest absolute Gasteiger partial charge is 0.321 e. The van der Waals surface area contributed by atoms with Crippen molar-refractivity contribution < 1.29 is 18.0 Å². The van der Waals surface area contributed by atoms with Crippen molar-refractivity contribution in [2.45, 2.75) is 6.18 Å². The van der Waals surface area contributed by atoms with Gasteiger partial charge in [-0.15, -0.1) is 0 Å². The number of halogens is 3. The van der Waals surface area contributed by atoms with Crippen molar-refractivity contribution in [3.8, 4) is 11.3 Å². The fourth-order valence-electron chi connectivity index (χ4n) is 2.39. The maximum atomic E-state index is 13.0. The summed E-state index contributed by atoms with van der Waals surface area (Å²) >= 11 is 0. The lowest BCUT2D eigenvalue weighted by Crippen LogP contribution is -2.18. The van der Waals surface area contributed by atoms with Gasteiger partial charge >= 0.3 is 6.18 Å². The van der Waals surface area contributed by atoms with Crippen LogP contribution in [-0.2, 0) is 13.2 Å². The molecule has 1 amide bonds. The Hall–Kier alpha value is -3.16. The summed E-state index contributed by atoms with van der Waals surface area (Å²) < 4.78 is 40.1. The van der Waals surface area contributed by atoms with Crippen molar-refractivity contribution in [3.63, 3.8) is 0 Å². The molecule has 0 unspecified atom stereocenters. The minimum atomic E-state index is -4.71. The number of nitrogens with zero attached hydrogens (tertiary/aromatic N) is 3. The average molecular weight is 346 g/mol. The first kappa shape index (κ1) is 16.7. The van der Waals surface area contributed by atoms with Gasteiger partial charge in [0.2, 0.25) is 0 Å². The molecule has 25 heavy (non-hydrogen) atoms. The largest absolute Gasteiger partial charge is 0.435 e. The molecule has 0 aliphatic carbocycles. The number of hydrogen-bond acceptors (Lipinski definition) is 3. The molecular weight excluding hydrogens is 333 g/mol. The SMILES string of the molecule is Cn1cc(C(=O)Nc2ccccc2-c2ccccn2)c(C(F)(F)F)n1. The molecular formula is C17H13F3N4O. The van der Waals surface area contributed by atoms with Gasteiger partial charge in [0.1, 0.15) is 0 Å². The molecule has 2 heterocycles. The third-order valence-corrected chi connectivity index (χ3v) is 3.46. The number of benzene rings is 1. The molecule has 0 saturated carbocycles. The second-order valence-corrected chi connectivity index (χ2v) is 5.28. The minimum absolute atomic E-state index is 0.364. The summed E-state index contributed by atoms with van der Waals surface area (Å²) in [5.41, 5.74) is -0.189. The van der Waals surface area contributed by atoms with E-state index in [1.807, 2.05) is 0 Å². The van der Waals surface area contributed by atoms with Crippen molar-refractivity contribution >= 4 is 11.6 Å². The average Bonchev–Trinajstić information content (AvgIpc) is 2.99. The van der Waals surface area contributed by atoms with Gasteiger partial charge in [-0.25, -0.2) is 0 Å². The predicted octanol–water partition coefficient (Wildman–Crippen LogP) is 3.75. The van der Waals surface area contributed by atoms with Crippen LogP contribution in [0.3, 0.4) is 0 Å². The van der Waals surface area contributed by atoms with Crippen LogP contribution in [0.2, 0.25) is 0 Å². The van der Waals surface area contributed by atoms with Gasteiger partial charge in [0.15, 0.2) is 5.69 Å². The van der Waals surface area contributed by atoms with Crippen molar-refractivity contribution in [1.29, 1.82) is 0 Å². The van der Waals surface area contributed by atoms with Crippen molar-refractivity contribution in [1.82, 2.24) is 14.8 Å². The normalized spacial score (nSPS) is 11.4. The predicted molar refractivity (Wildman–Crippen MR) is 85.8 cm³/mol. The van der Waals surface area contributed by atoms with E-state index in [0.29, 0.717) is 16.9 Å². The summed E-state index contributed by atoms with van der Waals surface area (Å²) in [4.78, 5) is 16.6. The number of aryl methyl sites for hydroxylation is 1. The van der Waals surface area contributed by atoms with Gasteiger partial charge in [-0.05, 0) is 18.2 Å². The van der Waals surface area contributed by atoms with Crippen LogP contribution in [0, 0.1) is 0 Å². The molecule has 1 N–H and O–H groups in total. The highest BCUT2D eigenvalue weighted by Gasteiger charge is 2.39. The fraction of sp³-hybridized carbons (Fsp3) is 0.118. The maximum Gasteiger partial charge on any atom is 0.435 e. The van der Waals surface area contributed by atoms with Crippen LogP contribution in [0.1, 0.15) is 16.1 Å². The zero-order valence-corrected chi connectivity index (χ0v) is 13.1. The molecule has 0 bridgehead atoms. The highest BCUT2D eigenvalue weighted by atomic mass is 19.4. The minimum Gasteiger partial charge on any atom is -0.321 e. The molecule has 3 aromatic rings. The van der Waals surface area contributed by atoms with Gasteiger partial charge in [-0.1, -0.05) is 24.3 Å². The Kier molecular flexibility index (Phi) is 4.26. The van der Waals surface area contributed by atoms with Crippen LogP contribution < -0.4 is 5.32 Å². The second-order valence-electron chi connectivity index (χ2n) is 5.28.